The molecular weight excluding hydrogens is 338 g/mol. The smallest absolute Gasteiger partial charge is 0.414 e. The lowest BCUT2D eigenvalue weighted by atomic mass is 10.2. The summed E-state index contributed by atoms with van der Waals surface area (Å²) in [4.78, 5) is 14.3. The van der Waals surface area contributed by atoms with Gasteiger partial charge in [0, 0.05) is 10.6 Å². The molecule has 1 heterocycles. The van der Waals surface area contributed by atoms with Crippen molar-refractivity contribution in [2.75, 3.05) is 11.5 Å². The zero-order valence-electron chi connectivity index (χ0n) is 14.3. The van der Waals surface area contributed by atoms with E-state index in [0.29, 0.717) is 29.6 Å². The number of ether oxygens (including phenoxy) is 2. The summed E-state index contributed by atoms with van der Waals surface area (Å²) < 4.78 is 11.5. The number of anilines is 1. The van der Waals surface area contributed by atoms with Gasteiger partial charge in [-0.15, -0.1) is 0 Å². The average Bonchev–Trinajstić information content (AvgIpc) is 2.78. The molecular formula is C20H22ClNO3. The van der Waals surface area contributed by atoms with E-state index in [1.165, 1.54) is 0 Å². The van der Waals surface area contributed by atoms with Crippen LogP contribution < -0.4 is 9.64 Å². The highest BCUT2D eigenvalue weighted by Crippen LogP contribution is 2.40. The van der Waals surface area contributed by atoms with E-state index in [1.807, 2.05) is 24.3 Å². The summed E-state index contributed by atoms with van der Waals surface area (Å²) in [5, 5.41) is 0.550. The van der Waals surface area contributed by atoms with Crippen molar-refractivity contribution < 1.29 is 14.3 Å². The number of unbranched alkanes of at least 4 members (excludes halogenated alkanes) is 3. The summed E-state index contributed by atoms with van der Waals surface area (Å²) in [7, 11) is 0. The van der Waals surface area contributed by atoms with Crippen LogP contribution in [0.2, 0.25) is 5.02 Å². The van der Waals surface area contributed by atoms with Crippen molar-refractivity contribution >= 4 is 23.4 Å². The molecule has 0 spiro atoms. The Balaban J connectivity index is 1.82. The lowest BCUT2D eigenvalue weighted by molar-refractivity contribution is 0.151. The molecule has 1 amide bonds. The van der Waals surface area contributed by atoms with E-state index in [1.54, 1.807) is 23.1 Å². The molecule has 0 N–H and O–H groups in total. The van der Waals surface area contributed by atoms with Gasteiger partial charge in [-0.25, -0.2) is 4.79 Å². The number of para-hydroxylation sites is 1. The first-order valence-electron chi connectivity index (χ1n) is 8.68. The summed E-state index contributed by atoms with van der Waals surface area (Å²) in [6.45, 7) is 2.96. The first kappa shape index (κ1) is 17.6. The van der Waals surface area contributed by atoms with E-state index in [-0.39, 0.29) is 6.09 Å². The summed E-state index contributed by atoms with van der Waals surface area (Å²) in [5.41, 5.74) is 1.56. The summed E-state index contributed by atoms with van der Waals surface area (Å²) >= 11 is 6.14. The van der Waals surface area contributed by atoms with Crippen LogP contribution >= 0.6 is 11.6 Å². The molecule has 1 aliphatic heterocycles. The van der Waals surface area contributed by atoms with Crippen molar-refractivity contribution in [2.24, 2.45) is 0 Å². The van der Waals surface area contributed by atoms with Gasteiger partial charge >= 0.3 is 6.09 Å². The zero-order valence-corrected chi connectivity index (χ0v) is 15.1. The van der Waals surface area contributed by atoms with Crippen molar-refractivity contribution in [1.29, 1.82) is 0 Å². The van der Waals surface area contributed by atoms with Crippen LogP contribution in [0.15, 0.2) is 42.5 Å². The normalized spacial score (nSPS) is 12.6. The number of carbonyl (C=O) groups is 1. The summed E-state index contributed by atoms with van der Waals surface area (Å²) in [6.07, 6.45) is 3.88. The van der Waals surface area contributed by atoms with E-state index >= 15 is 0 Å². The van der Waals surface area contributed by atoms with Gasteiger partial charge in [-0.1, -0.05) is 56.0 Å². The van der Waals surface area contributed by atoms with Crippen molar-refractivity contribution in [3.63, 3.8) is 0 Å². The van der Waals surface area contributed by atoms with Crippen LogP contribution in [0.1, 0.15) is 38.2 Å². The van der Waals surface area contributed by atoms with Crippen molar-refractivity contribution in [3.05, 3.63) is 53.1 Å². The number of carbonyl (C=O) groups excluding carboxylic acids is 1. The number of amides is 1. The number of hydrogen-bond acceptors (Lipinski definition) is 3. The minimum atomic E-state index is -0.375. The van der Waals surface area contributed by atoms with Gasteiger partial charge in [0.05, 0.1) is 18.8 Å². The highest BCUT2D eigenvalue weighted by atomic mass is 35.5. The minimum absolute atomic E-state index is 0.375. The van der Waals surface area contributed by atoms with Gasteiger partial charge in [-0.3, -0.25) is 4.90 Å². The van der Waals surface area contributed by atoms with Crippen molar-refractivity contribution in [2.45, 2.75) is 39.2 Å². The molecule has 0 aromatic heterocycles. The first-order valence-corrected chi connectivity index (χ1v) is 9.06. The lowest BCUT2D eigenvalue weighted by Crippen LogP contribution is -2.30. The van der Waals surface area contributed by atoms with E-state index in [0.717, 1.165) is 37.0 Å². The van der Waals surface area contributed by atoms with Gasteiger partial charge in [0.2, 0.25) is 0 Å². The Bertz CT molecular complexity index is 747. The fourth-order valence-electron chi connectivity index (χ4n) is 2.82. The molecule has 0 atom stereocenters. The molecule has 5 heteroatoms. The molecule has 3 rings (SSSR count). The molecule has 0 saturated carbocycles. The molecule has 25 heavy (non-hydrogen) atoms. The van der Waals surface area contributed by atoms with Crippen LogP contribution in [-0.4, -0.2) is 12.7 Å². The van der Waals surface area contributed by atoms with E-state index in [2.05, 4.69) is 6.92 Å². The first-order chi connectivity index (χ1) is 12.2. The number of nitrogens with zero attached hydrogens (tertiary/aromatic N) is 1. The molecule has 0 fully saturated rings. The maximum Gasteiger partial charge on any atom is 0.414 e. The standard InChI is InChI=1S/C20H22ClNO3/c1-2-3-4-7-12-24-20(23)22-14-15-8-5-6-9-18(15)25-19-11-10-16(21)13-17(19)22/h5-6,8-11,13H,2-4,7,12,14H2,1H3. The molecule has 0 radical (unpaired) electrons. The second kappa shape index (κ2) is 8.26. The molecule has 2 aromatic carbocycles. The van der Waals surface area contributed by atoms with Crippen LogP contribution in [0.3, 0.4) is 0 Å². The molecule has 0 aliphatic carbocycles. The molecule has 132 valence electrons. The second-order valence-corrected chi connectivity index (χ2v) is 6.52. The largest absolute Gasteiger partial charge is 0.455 e. The van der Waals surface area contributed by atoms with Gasteiger partial charge in [0.1, 0.15) is 5.75 Å². The molecule has 4 nitrogen and oxygen atoms in total. The number of benzene rings is 2. The van der Waals surface area contributed by atoms with Crippen molar-refractivity contribution in [3.8, 4) is 11.5 Å². The Kier molecular flexibility index (Phi) is 5.82. The van der Waals surface area contributed by atoms with Gasteiger partial charge in [-0.2, -0.15) is 0 Å². The third kappa shape index (κ3) is 4.26. The molecule has 0 bridgehead atoms. The monoisotopic (exact) mass is 359 g/mol. The Morgan fingerprint density at radius 3 is 2.84 bits per heavy atom. The Morgan fingerprint density at radius 2 is 2.00 bits per heavy atom. The molecule has 2 aromatic rings. The van der Waals surface area contributed by atoms with Crippen LogP contribution in [-0.2, 0) is 11.3 Å². The zero-order chi connectivity index (χ0) is 17.6. The van der Waals surface area contributed by atoms with Crippen molar-refractivity contribution in [1.82, 2.24) is 0 Å². The molecule has 1 aliphatic rings. The Hall–Kier alpha value is -2.20. The van der Waals surface area contributed by atoms with E-state index in [9.17, 15) is 4.79 Å². The fourth-order valence-corrected chi connectivity index (χ4v) is 2.99. The topological polar surface area (TPSA) is 38.8 Å². The maximum atomic E-state index is 12.7. The molecule has 0 unspecified atom stereocenters. The Labute approximate surface area is 153 Å². The molecule has 0 saturated heterocycles. The average molecular weight is 360 g/mol. The number of fused-ring (bicyclic) bond motifs is 2. The number of halogens is 1. The van der Waals surface area contributed by atoms with Crippen LogP contribution in [0.5, 0.6) is 11.5 Å². The van der Waals surface area contributed by atoms with Gasteiger partial charge in [0.15, 0.2) is 5.75 Å². The van der Waals surface area contributed by atoms with Gasteiger partial charge < -0.3 is 9.47 Å². The number of hydrogen-bond donors (Lipinski definition) is 0. The SMILES string of the molecule is CCCCCCOC(=O)N1Cc2ccccc2Oc2ccc(Cl)cc21. The van der Waals surface area contributed by atoms with Crippen LogP contribution in [0, 0.1) is 0 Å². The second-order valence-electron chi connectivity index (χ2n) is 6.08. The van der Waals surface area contributed by atoms with E-state index in [4.69, 9.17) is 21.1 Å². The summed E-state index contributed by atoms with van der Waals surface area (Å²) in [6, 6.07) is 13.0. The quantitative estimate of drug-likeness (QED) is 0.599. The third-order valence-electron chi connectivity index (χ3n) is 4.18. The summed E-state index contributed by atoms with van der Waals surface area (Å²) in [5.74, 6) is 1.33. The lowest BCUT2D eigenvalue weighted by Gasteiger charge is -2.21. The van der Waals surface area contributed by atoms with Gasteiger partial charge in [-0.05, 0) is 30.7 Å². The fraction of sp³-hybridized carbons (Fsp3) is 0.350. The van der Waals surface area contributed by atoms with Crippen LogP contribution in [0.4, 0.5) is 10.5 Å². The van der Waals surface area contributed by atoms with Gasteiger partial charge in [0.25, 0.3) is 0 Å². The minimum Gasteiger partial charge on any atom is -0.455 e. The maximum absolute atomic E-state index is 12.7. The predicted octanol–water partition coefficient (Wildman–Crippen LogP) is 6.17. The van der Waals surface area contributed by atoms with E-state index < -0.39 is 0 Å². The highest BCUT2D eigenvalue weighted by molar-refractivity contribution is 6.31. The Morgan fingerprint density at radius 1 is 1.16 bits per heavy atom. The highest BCUT2D eigenvalue weighted by Gasteiger charge is 2.26. The third-order valence-corrected chi connectivity index (χ3v) is 4.41. The van der Waals surface area contributed by atoms with Crippen LogP contribution in [0.25, 0.3) is 0 Å². The predicted molar refractivity (Wildman–Crippen MR) is 99.6 cm³/mol. The number of rotatable bonds is 5.